The standard InChI is InChI=1S/C22H23ClN4O2S/c1-4-12-27-20(13-29-17-10-8-15(2)9-11-17)25-26-22(27)30-14-21(28)24-19-7-5-6-18(23)16(19)3/h4-11H,1,12-14H2,2-3H3,(H,24,28). The number of aryl methyl sites for hydroxylation is 1. The predicted octanol–water partition coefficient (Wildman–Crippen LogP) is 5.04. The van der Waals surface area contributed by atoms with E-state index >= 15 is 0 Å². The van der Waals surface area contributed by atoms with Crippen LogP contribution in [-0.4, -0.2) is 26.4 Å². The number of anilines is 1. The molecule has 0 spiro atoms. The maximum absolute atomic E-state index is 12.4. The Hall–Kier alpha value is -2.77. The SMILES string of the molecule is C=CCn1c(COc2ccc(C)cc2)nnc1SCC(=O)Nc1cccc(Cl)c1C. The lowest BCUT2D eigenvalue weighted by molar-refractivity contribution is -0.113. The smallest absolute Gasteiger partial charge is 0.234 e. The molecule has 0 aliphatic heterocycles. The van der Waals surface area contributed by atoms with E-state index in [9.17, 15) is 4.79 Å². The van der Waals surface area contributed by atoms with E-state index in [0.29, 0.717) is 28.2 Å². The van der Waals surface area contributed by atoms with Gasteiger partial charge in [0.25, 0.3) is 0 Å². The van der Waals surface area contributed by atoms with Crippen molar-refractivity contribution in [2.24, 2.45) is 0 Å². The van der Waals surface area contributed by atoms with Gasteiger partial charge in [-0.25, -0.2) is 0 Å². The summed E-state index contributed by atoms with van der Waals surface area (Å²) in [5.41, 5.74) is 2.71. The molecule has 0 aliphatic rings. The number of nitrogens with one attached hydrogen (secondary N) is 1. The molecule has 3 aromatic rings. The van der Waals surface area contributed by atoms with Crippen LogP contribution >= 0.6 is 23.4 Å². The number of thioether (sulfide) groups is 1. The van der Waals surface area contributed by atoms with Gasteiger partial charge in [0.2, 0.25) is 5.91 Å². The van der Waals surface area contributed by atoms with Gasteiger partial charge in [0.1, 0.15) is 12.4 Å². The summed E-state index contributed by atoms with van der Waals surface area (Å²) in [6, 6.07) is 13.2. The molecule has 0 saturated carbocycles. The third-order valence-corrected chi connectivity index (χ3v) is 5.74. The molecule has 1 N–H and O–H groups in total. The van der Waals surface area contributed by atoms with Crippen LogP contribution in [0, 0.1) is 13.8 Å². The summed E-state index contributed by atoms with van der Waals surface area (Å²) in [4.78, 5) is 12.4. The number of amides is 1. The highest BCUT2D eigenvalue weighted by Crippen LogP contribution is 2.24. The van der Waals surface area contributed by atoms with Crippen LogP contribution in [0.25, 0.3) is 0 Å². The lowest BCUT2D eigenvalue weighted by atomic mass is 10.2. The first-order chi connectivity index (χ1) is 14.5. The number of hydrogen-bond donors (Lipinski definition) is 1. The number of halogens is 1. The highest BCUT2D eigenvalue weighted by atomic mass is 35.5. The highest BCUT2D eigenvalue weighted by Gasteiger charge is 2.15. The van der Waals surface area contributed by atoms with Crippen LogP contribution in [0.1, 0.15) is 17.0 Å². The first-order valence-corrected chi connectivity index (χ1v) is 10.7. The monoisotopic (exact) mass is 442 g/mol. The van der Waals surface area contributed by atoms with Gasteiger partial charge in [-0.15, -0.1) is 16.8 Å². The molecule has 0 radical (unpaired) electrons. The molecular formula is C22H23ClN4O2S. The van der Waals surface area contributed by atoms with Crippen molar-refractivity contribution in [3.8, 4) is 5.75 Å². The summed E-state index contributed by atoms with van der Waals surface area (Å²) in [7, 11) is 0. The lowest BCUT2D eigenvalue weighted by Crippen LogP contribution is -2.15. The lowest BCUT2D eigenvalue weighted by Gasteiger charge is -2.10. The summed E-state index contributed by atoms with van der Waals surface area (Å²) in [6.45, 7) is 8.49. The number of nitrogens with zero attached hydrogens (tertiary/aromatic N) is 3. The minimum absolute atomic E-state index is 0.143. The van der Waals surface area contributed by atoms with Gasteiger partial charge in [-0.3, -0.25) is 9.36 Å². The van der Waals surface area contributed by atoms with Gasteiger partial charge in [0, 0.05) is 17.3 Å². The molecule has 156 valence electrons. The van der Waals surface area contributed by atoms with Gasteiger partial charge in [0.05, 0.1) is 5.75 Å². The van der Waals surface area contributed by atoms with Crippen molar-refractivity contribution in [1.29, 1.82) is 0 Å². The third-order valence-electron chi connectivity index (χ3n) is 4.37. The zero-order valence-corrected chi connectivity index (χ0v) is 18.5. The van der Waals surface area contributed by atoms with Crippen molar-refractivity contribution >= 4 is 35.0 Å². The molecule has 0 fully saturated rings. The number of carbonyl (C=O) groups excluding carboxylic acids is 1. The summed E-state index contributed by atoms with van der Waals surface area (Å²) < 4.78 is 7.71. The van der Waals surface area contributed by atoms with E-state index in [0.717, 1.165) is 11.3 Å². The van der Waals surface area contributed by atoms with Crippen LogP contribution in [0.3, 0.4) is 0 Å². The molecule has 0 saturated heterocycles. The van der Waals surface area contributed by atoms with Crippen molar-refractivity contribution in [2.45, 2.75) is 32.2 Å². The first-order valence-electron chi connectivity index (χ1n) is 9.38. The van der Waals surface area contributed by atoms with Crippen LogP contribution in [0.5, 0.6) is 5.75 Å². The van der Waals surface area contributed by atoms with Gasteiger partial charge in [0.15, 0.2) is 11.0 Å². The number of allylic oxidation sites excluding steroid dienone is 1. The second-order valence-electron chi connectivity index (χ2n) is 6.65. The fraction of sp³-hybridized carbons (Fsp3) is 0.227. The number of ether oxygens (including phenoxy) is 1. The Morgan fingerprint density at radius 2 is 2.00 bits per heavy atom. The quantitative estimate of drug-likeness (QED) is 0.371. The maximum Gasteiger partial charge on any atom is 0.234 e. The van der Waals surface area contributed by atoms with Gasteiger partial charge in [-0.2, -0.15) is 0 Å². The van der Waals surface area contributed by atoms with E-state index < -0.39 is 0 Å². The molecule has 1 amide bonds. The van der Waals surface area contributed by atoms with E-state index in [-0.39, 0.29) is 18.3 Å². The van der Waals surface area contributed by atoms with Crippen molar-refractivity contribution in [2.75, 3.05) is 11.1 Å². The fourth-order valence-electron chi connectivity index (χ4n) is 2.69. The summed E-state index contributed by atoms with van der Waals surface area (Å²) in [6.07, 6.45) is 1.76. The molecule has 0 unspecified atom stereocenters. The van der Waals surface area contributed by atoms with E-state index in [2.05, 4.69) is 22.1 Å². The Balaban J connectivity index is 1.62. The second kappa shape index (κ2) is 10.3. The number of aromatic nitrogens is 3. The van der Waals surface area contributed by atoms with Crippen LogP contribution in [0.15, 0.2) is 60.3 Å². The average molecular weight is 443 g/mol. The van der Waals surface area contributed by atoms with E-state index in [1.54, 1.807) is 18.2 Å². The number of benzene rings is 2. The Morgan fingerprint density at radius 3 is 2.73 bits per heavy atom. The second-order valence-corrected chi connectivity index (χ2v) is 8.00. The van der Waals surface area contributed by atoms with Gasteiger partial charge in [-0.05, 0) is 43.7 Å². The minimum Gasteiger partial charge on any atom is -0.486 e. The Morgan fingerprint density at radius 1 is 1.23 bits per heavy atom. The van der Waals surface area contributed by atoms with Crippen molar-refractivity contribution in [3.63, 3.8) is 0 Å². The van der Waals surface area contributed by atoms with Crippen LogP contribution in [0.2, 0.25) is 5.02 Å². The molecule has 0 bridgehead atoms. The normalized spacial score (nSPS) is 10.6. The number of rotatable bonds is 9. The molecule has 30 heavy (non-hydrogen) atoms. The van der Waals surface area contributed by atoms with Crippen molar-refractivity contribution in [3.05, 3.63) is 77.1 Å². The Bertz CT molecular complexity index is 1030. The largest absolute Gasteiger partial charge is 0.486 e. The number of hydrogen-bond acceptors (Lipinski definition) is 5. The van der Waals surface area contributed by atoms with E-state index in [1.807, 2.05) is 48.7 Å². The minimum atomic E-state index is -0.143. The third kappa shape index (κ3) is 5.64. The van der Waals surface area contributed by atoms with E-state index in [1.165, 1.54) is 17.3 Å². The van der Waals surface area contributed by atoms with Crippen LogP contribution < -0.4 is 10.1 Å². The fourth-order valence-corrected chi connectivity index (χ4v) is 3.63. The van der Waals surface area contributed by atoms with Crippen molar-refractivity contribution in [1.82, 2.24) is 14.8 Å². The zero-order chi connectivity index (χ0) is 21.5. The van der Waals surface area contributed by atoms with Crippen LogP contribution in [0.4, 0.5) is 5.69 Å². The van der Waals surface area contributed by atoms with Crippen LogP contribution in [-0.2, 0) is 17.9 Å². The summed E-state index contributed by atoms with van der Waals surface area (Å²) in [5, 5.41) is 12.6. The average Bonchev–Trinajstić information content (AvgIpc) is 3.11. The van der Waals surface area contributed by atoms with Gasteiger partial charge < -0.3 is 10.1 Å². The van der Waals surface area contributed by atoms with Gasteiger partial charge >= 0.3 is 0 Å². The number of carbonyl (C=O) groups is 1. The van der Waals surface area contributed by atoms with Gasteiger partial charge in [-0.1, -0.05) is 53.2 Å². The van der Waals surface area contributed by atoms with E-state index in [4.69, 9.17) is 16.3 Å². The summed E-state index contributed by atoms with van der Waals surface area (Å²) in [5.74, 6) is 1.49. The molecular weight excluding hydrogens is 420 g/mol. The Kier molecular flexibility index (Phi) is 7.54. The molecule has 8 heteroatoms. The molecule has 0 aliphatic carbocycles. The molecule has 2 aromatic carbocycles. The topological polar surface area (TPSA) is 69.0 Å². The molecule has 3 rings (SSSR count). The molecule has 1 heterocycles. The first kappa shape index (κ1) is 21.9. The molecule has 1 aromatic heterocycles. The van der Waals surface area contributed by atoms with Crippen molar-refractivity contribution < 1.29 is 9.53 Å². The molecule has 6 nitrogen and oxygen atoms in total. The summed E-state index contributed by atoms with van der Waals surface area (Å²) >= 11 is 7.42. The zero-order valence-electron chi connectivity index (χ0n) is 16.9. The maximum atomic E-state index is 12.4. The predicted molar refractivity (Wildman–Crippen MR) is 121 cm³/mol. The molecule has 0 atom stereocenters. The Labute approximate surface area is 185 Å². The highest BCUT2D eigenvalue weighted by molar-refractivity contribution is 7.99.